The molecule has 1 atom stereocenters. The summed E-state index contributed by atoms with van der Waals surface area (Å²) in [6.07, 6.45) is -3.30. The van der Waals surface area contributed by atoms with Gasteiger partial charge in [0.05, 0.1) is 28.3 Å². The summed E-state index contributed by atoms with van der Waals surface area (Å²) in [4.78, 5) is 29.2. The first kappa shape index (κ1) is 26.6. The number of carbonyl (C=O) groups is 2. The molecule has 1 unspecified atom stereocenters. The summed E-state index contributed by atoms with van der Waals surface area (Å²) in [7, 11) is 0. The van der Waals surface area contributed by atoms with Crippen LogP contribution in [-0.2, 0) is 17.5 Å². The van der Waals surface area contributed by atoms with Crippen molar-refractivity contribution in [2.45, 2.75) is 53.4 Å². The number of primary amides is 1. The van der Waals surface area contributed by atoms with Gasteiger partial charge >= 0.3 is 6.18 Å². The molecule has 37 heavy (non-hydrogen) atoms. The molecule has 0 bridgehead atoms. The molecular weight excluding hydrogens is 531 g/mol. The van der Waals surface area contributed by atoms with Crippen molar-refractivity contribution in [3.63, 3.8) is 0 Å². The van der Waals surface area contributed by atoms with E-state index in [9.17, 15) is 22.8 Å². The van der Waals surface area contributed by atoms with Crippen LogP contribution in [0.5, 0.6) is 0 Å². The summed E-state index contributed by atoms with van der Waals surface area (Å²) in [5.74, 6) is -1.49. The van der Waals surface area contributed by atoms with E-state index in [4.69, 9.17) is 17.3 Å². The third-order valence-electron chi connectivity index (χ3n) is 6.10. The highest BCUT2D eigenvalue weighted by Gasteiger charge is 2.36. The maximum absolute atomic E-state index is 13.8. The predicted octanol–water partition coefficient (Wildman–Crippen LogP) is 5.27. The minimum Gasteiger partial charge on any atom is -0.365 e. The van der Waals surface area contributed by atoms with Gasteiger partial charge in [-0.3, -0.25) is 19.0 Å². The van der Waals surface area contributed by atoms with Crippen LogP contribution in [0.15, 0.2) is 12.3 Å². The van der Waals surface area contributed by atoms with Crippen LogP contribution in [0.1, 0.15) is 52.3 Å². The Bertz CT molecular complexity index is 1550. The summed E-state index contributed by atoms with van der Waals surface area (Å²) in [5.41, 5.74) is 6.65. The van der Waals surface area contributed by atoms with E-state index >= 15 is 0 Å². The molecule has 0 fully saturated rings. The quantitative estimate of drug-likeness (QED) is 0.337. The SMILES string of the molecule is CCn1ncc(-c2cc(C(F)(F)F)nc3sc(C(N)=O)c(NC(=O)C(C)n4nc(C)c(Cl)c4C)c23)c1C. The lowest BCUT2D eigenvalue weighted by Crippen LogP contribution is -2.26. The molecule has 0 radical (unpaired) electrons. The zero-order valence-electron chi connectivity index (χ0n) is 20.5. The number of aromatic nitrogens is 5. The molecule has 9 nitrogen and oxygen atoms in total. The molecule has 0 aliphatic carbocycles. The molecule has 0 spiro atoms. The van der Waals surface area contributed by atoms with Gasteiger partial charge in [-0.1, -0.05) is 11.6 Å². The van der Waals surface area contributed by atoms with Crippen LogP contribution in [0.4, 0.5) is 18.9 Å². The largest absolute Gasteiger partial charge is 0.433 e. The summed E-state index contributed by atoms with van der Waals surface area (Å²) in [5, 5.41) is 11.8. The molecule has 3 N–H and O–H groups in total. The maximum Gasteiger partial charge on any atom is 0.433 e. The molecule has 196 valence electrons. The van der Waals surface area contributed by atoms with Crippen LogP contribution < -0.4 is 11.1 Å². The number of alkyl halides is 3. The van der Waals surface area contributed by atoms with Gasteiger partial charge in [-0.2, -0.15) is 23.4 Å². The minimum atomic E-state index is -4.75. The number of pyridine rings is 1. The predicted molar refractivity (Wildman–Crippen MR) is 135 cm³/mol. The highest BCUT2D eigenvalue weighted by Crippen LogP contribution is 2.44. The van der Waals surface area contributed by atoms with Crippen LogP contribution in [0.25, 0.3) is 21.3 Å². The van der Waals surface area contributed by atoms with Crippen molar-refractivity contribution < 1.29 is 22.8 Å². The van der Waals surface area contributed by atoms with Crippen molar-refractivity contribution in [3.8, 4) is 11.1 Å². The Morgan fingerprint density at radius 3 is 2.41 bits per heavy atom. The van der Waals surface area contributed by atoms with Crippen molar-refractivity contribution in [3.05, 3.63) is 44.9 Å². The first-order valence-electron chi connectivity index (χ1n) is 11.2. The number of nitrogens with two attached hydrogens (primary N) is 1. The molecule has 4 rings (SSSR count). The molecular formula is C23H23ClF3N7O2S. The number of rotatable bonds is 6. The second kappa shape index (κ2) is 9.45. The Balaban J connectivity index is 1.94. The number of aryl methyl sites for hydroxylation is 2. The Labute approximate surface area is 218 Å². The van der Waals surface area contributed by atoms with Crippen LogP contribution in [0.3, 0.4) is 0 Å². The van der Waals surface area contributed by atoms with Crippen LogP contribution >= 0.6 is 22.9 Å². The highest BCUT2D eigenvalue weighted by molar-refractivity contribution is 7.21. The number of carbonyl (C=O) groups excluding carboxylic acids is 2. The number of thiophene rings is 1. The Kier molecular flexibility index (Phi) is 6.80. The van der Waals surface area contributed by atoms with Crippen molar-refractivity contribution >= 4 is 50.7 Å². The van der Waals surface area contributed by atoms with Crippen molar-refractivity contribution in [2.75, 3.05) is 5.32 Å². The fraction of sp³-hybridized carbons (Fsp3) is 0.348. The Hall–Kier alpha value is -3.45. The third-order valence-corrected chi connectivity index (χ3v) is 7.75. The van der Waals surface area contributed by atoms with E-state index in [1.165, 1.54) is 10.9 Å². The molecule has 2 amide bonds. The average molecular weight is 554 g/mol. The zero-order chi connectivity index (χ0) is 27.4. The molecule has 4 aromatic rings. The monoisotopic (exact) mass is 553 g/mol. The van der Waals surface area contributed by atoms with Gasteiger partial charge in [0.15, 0.2) is 0 Å². The number of hydrogen-bond donors (Lipinski definition) is 2. The van der Waals surface area contributed by atoms with Crippen LogP contribution in [0, 0.1) is 20.8 Å². The molecule has 4 heterocycles. The molecule has 0 aliphatic rings. The number of nitrogens with one attached hydrogen (secondary N) is 1. The molecule has 0 saturated heterocycles. The normalized spacial score (nSPS) is 12.8. The summed E-state index contributed by atoms with van der Waals surface area (Å²) in [6.45, 7) is 9.05. The van der Waals surface area contributed by atoms with E-state index in [2.05, 4.69) is 20.5 Å². The number of halogens is 4. The highest BCUT2D eigenvalue weighted by atomic mass is 35.5. The van der Waals surface area contributed by atoms with E-state index in [0.29, 0.717) is 45.5 Å². The Morgan fingerprint density at radius 2 is 1.89 bits per heavy atom. The number of hydrogen-bond acceptors (Lipinski definition) is 6. The lowest BCUT2D eigenvalue weighted by Gasteiger charge is -2.16. The maximum atomic E-state index is 13.8. The van der Waals surface area contributed by atoms with Crippen molar-refractivity contribution in [1.29, 1.82) is 0 Å². The first-order chi connectivity index (χ1) is 17.3. The number of fused-ring (bicyclic) bond motifs is 1. The van der Waals surface area contributed by atoms with Gasteiger partial charge in [-0.25, -0.2) is 4.98 Å². The average Bonchev–Trinajstić information content (AvgIpc) is 3.47. The van der Waals surface area contributed by atoms with Gasteiger partial charge in [0.25, 0.3) is 5.91 Å². The topological polar surface area (TPSA) is 121 Å². The van der Waals surface area contributed by atoms with Crippen LogP contribution in [-0.4, -0.2) is 36.4 Å². The molecule has 4 aromatic heterocycles. The molecule has 0 aromatic carbocycles. The van der Waals surface area contributed by atoms with Crippen molar-refractivity contribution in [1.82, 2.24) is 24.5 Å². The van der Waals surface area contributed by atoms with Gasteiger partial charge in [0, 0.05) is 23.2 Å². The van der Waals surface area contributed by atoms with Gasteiger partial charge < -0.3 is 11.1 Å². The lowest BCUT2D eigenvalue weighted by atomic mass is 10.0. The van der Waals surface area contributed by atoms with E-state index < -0.39 is 29.7 Å². The summed E-state index contributed by atoms with van der Waals surface area (Å²) in [6, 6.07) is 0.0290. The zero-order valence-corrected chi connectivity index (χ0v) is 22.1. The van der Waals surface area contributed by atoms with Crippen LogP contribution in [0.2, 0.25) is 5.02 Å². The molecule has 0 aliphatic heterocycles. The standard InChI is InChI=1S/C23H23ClF3N7O2S/c1-6-33-10(3)14(8-29-33)13-7-15(23(25,26)27)30-22-16(13)18(19(37-22)20(28)35)31-21(36)12(5)34-11(4)17(24)9(2)32-34/h7-8,12H,6H2,1-5H3,(H2,28,35)(H,31,36). The molecule has 14 heteroatoms. The lowest BCUT2D eigenvalue weighted by molar-refractivity contribution is -0.140. The van der Waals surface area contributed by atoms with E-state index in [1.807, 2.05) is 6.92 Å². The summed E-state index contributed by atoms with van der Waals surface area (Å²) < 4.78 is 44.4. The minimum absolute atomic E-state index is 0.0168. The van der Waals surface area contributed by atoms with E-state index in [0.717, 1.165) is 6.07 Å². The second-order valence-corrected chi connectivity index (χ2v) is 9.83. The fourth-order valence-corrected chi connectivity index (χ4v) is 5.27. The smallest absolute Gasteiger partial charge is 0.365 e. The van der Waals surface area contributed by atoms with Crippen molar-refractivity contribution in [2.24, 2.45) is 5.73 Å². The number of amides is 2. The van der Waals surface area contributed by atoms with E-state index in [1.54, 1.807) is 32.4 Å². The van der Waals surface area contributed by atoms with Gasteiger partial charge in [0.1, 0.15) is 21.4 Å². The van der Waals surface area contributed by atoms with Gasteiger partial charge in [0.2, 0.25) is 5.91 Å². The van der Waals surface area contributed by atoms with Gasteiger partial charge in [-0.05, 0) is 46.2 Å². The van der Waals surface area contributed by atoms with E-state index in [-0.39, 0.29) is 26.3 Å². The summed E-state index contributed by atoms with van der Waals surface area (Å²) >= 11 is 6.90. The fourth-order valence-electron chi connectivity index (χ4n) is 4.14. The Morgan fingerprint density at radius 1 is 1.22 bits per heavy atom. The number of anilines is 1. The molecule has 0 saturated carbocycles. The third kappa shape index (κ3) is 4.57. The number of nitrogens with zero attached hydrogens (tertiary/aromatic N) is 5. The second-order valence-electron chi connectivity index (χ2n) is 8.46. The first-order valence-corrected chi connectivity index (χ1v) is 12.3. The van der Waals surface area contributed by atoms with Gasteiger partial charge in [-0.15, -0.1) is 11.3 Å².